The van der Waals surface area contributed by atoms with Crippen molar-refractivity contribution in [2.75, 3.05) is 36.4 Å². The summed E-state index contributed by atoms with van der Waals surface area (Å²) in [5, 5.41) is 3.06. The fraction of sp³-hybridized carbons (Fsp3) is 0.269. The number of amides is 1. The number of benzene rings is 3. The predicted octanol–water partition coefficient (Wildman–Crippen LogP) is 4.28. The van der Waals surface area contributed by atoms with E-state index in [1.807, 2.05) is 0 Å². The summed E-state index contributed by atoms with van der Waals surface area (Å²) in [6, 6.07) is 16.7. The van der Waals surface area contributed by atoms with Gasteiger partial charge in [-0.1, -0.05) is 29.8 Å². The first-order chi connectivity index (χ1) is 18.0. The van der Waals surface area contributed by atoms with Gasteiger partial charge in [0.05, 0.1) is 28.3 Å². The van der Waals surface area contributed by atoms with Gasteiger partial charge in [-0.2, -0.15) is 4.31 Å². The number of methoxy groups -OCH3 is 1. The Morgan fingerprint density at radius 3 is 2.29 bits per heavy atom. The number of hydrogen-bond acceptors (Lipinski definition) is 6. The Hall–Kier alpha value is -3.12. The van der Waals surface area contributed by atoms with Crippen molar-refractivity contribution in [2.24, 2.45) is 0 Å². The van der Waals surface area contributed by atoms with Crippen molar-refractivity contribution in [1.29, 1.82) is 0 Å². The minimum absolute atomic E-state index is 0.0119. The lowest BCUT2D eigenvalue weighted by atomic mass is 10.2. The molecule has 1 aliphatic rings. The van der Waals surface area contributed by atoms with Gasteiger partial charge in [0.15, 0.2) is 0 Å². The van der Waals surface area contributed by atoms with Crippen LogP contribution in [0, 0.1) is 6.92 Å². The zero-order valence-corrected chi connectivity index (χ0v) is 23.3. The SMILES string of the molecule is COc1ccc(S(=O)(=O)N2CCCC2)cc1NC(=O)CN(c1ccc(Cl)cc1C)S(=O)(=O)c1ccccc1. The van der Waals surface area contributed by atoms with Gasteiger partial charge in [0.2, 0.25) is 15.9 Å². The fourth-order valence-electron chi connectivity index (χ4n) is 4.26. The number of sulfonamides is 2. The van der Waals surface area contributed by atoms with E-state index < -0.39 is 32.5 Å². The zero-order chi connectivity index (χ0) is 27.5. The number of nitrogens with one attached hydrogen (secondary N) is 1. The van der Waals surface area contributed by atoms with E-state index in [0.717, 1.165) is 17.1 Å². The Labute approximate surface area is 228 Å². The lowest BCUT2D eigenvalue weighted by Crippen LogP contribution is -2.38. The molecule has 0 saturated carbocycles. The highest BCUT2D eigenvalue weighted by Gasteiger charge is 2.30. The molecule has 1 N–H and O–H groups in total. The average Bonchev–Trinajstić information content (AvgIpc) is 3.44. The number of halogens is 1. The second-order valence-corrected chi connectivity index (χ2v) is 13.0. The molecule has 1 fully saturated rings. The van der Waals surface area contributed by atoms with E-state index in [1.165, 1.54) is 47.8 Å². The molecule has 202 valence electrons. The van der Waals surface area contributed by atoms with Crippen LogP contribution in [-0.2, 0) is 24.8 Å². The maximum Gasteiger partial charge on any atom is 0.264 e. The number of nitrogens with zero attached hydrogens (tertiary/aromatic N) is 2. The average molecular weight is 578 g/mol. The van der Waals surface area contributed by atoms with Crippen LogP contribution in [0.5, 0.6) is 5.75 Å². The van der Waals surface area contributed by atoms with Gasteiger partial charge in [-0.3, -0.25) is 9.10 Å². The minimum Gasteiger partial charge on any atom is -0.495 e. The summed E-state index contributed by atoms with van der Waals surface area (Å²) >= 11 is 6.08. The summed E-state index contributed by atoms with van der Waals surface area (Å²) in [5.41, 5.74) is 0.953. The van der Waals surface area contributed by atoms with Crippen LogP contribution in [-0.4, -0.2) is 53.8 Å². The summed E-state index contributed by atoms with van der Waals surface area (Å²) in [4.78, 5) is 13.3. The molecule has 4 rings (SSSR count). The van der Waals surface area contributed by atoms with E-state index >= 15 is 0 Å². The van der Waals surface area contributed by atoms with Gasteiger partial charge in [0.1, 0.15) is 12.3 Å². The molecule has 38 heavy (non-hydrogen) atoms. The molecular weight excluding hydrogens is 550 g/mol. The molecule has 0 aromatic heterocycles. The van der Waals surface area contributed by atoms with Crippen molar-refractivity contribution in [3.05, 3.63) is 77.3 Å². The maximum atomic E-state index is 13.6. The van der Waals surface area contributed by atoms with E-state index in [9.17, 15) is 21.6 Å². The molecule has 0 spiro atoms. The third-order valence-electron chi connectivity index (χ3n) is 6.19. The van der Waals surface area contributed by atoms with Crippen molar-refractivity contribution >= 4 is 48.9 Å². The molecule has 0 atom stereocenters. The van der Waals surface area contributed by atoms with Crippen molar-refractivity contribution in [1.82, 2.24) is 4.31 Å². The van der Waals surface area contributed by atoms with Crippen LogP contribution in [0.2, 0.25) is 5.02 Å². The van der Waals surface area contributed by atoms with Crippen LogP contribution >= 0.6 is 11.6 Å². The van der Waals surface area contributed by atoms with Crippen LogP contribution in [0.4, 0.5) is 11.4 Å². The Bertz CT molecular complexity index is 1540. The number of carbonyl (C=O) groups excluding carboxylic acids is 1. The normalized spacial score (nSPS) is 14.3. The number of aryl methyl sites for hydroxylation is 1. The third-order valence-corrected chi connectivity index (χ3v) is 10.1. The monoisotopic (exact) mass is 577 g/mol. The minimum atomic E-state index is -4.14. The van der Waals surface area contributed by atoms with Gasteiger partial charge < -0.3 is 10.1 Å². The Morgan fingerprint density at radius 1 is 0.974 bits per heavy atom. The Balaban J connectivity index is 1.68. The molecule has 0 bridgehead atoms. The van der Waals surface area contributed by atoms with Gasteiger partial charge in [0.25, 0.3) is 10.0 Å². The predicted molar refractivity (Wildman–Crippen MR) is 147 cm³/mol. The standard InChI is InChI=1S/C26H28ClN3O6S2/c1-19-16-20(27)10-12-24(19)30(38(34,35)21-8-4-3-5-9-21)18-26(31)28-23-17-22(11-13-25(23)36-2)37(32,33)29-14-6-7-15-29/h3-5,8-13,16-17H,6-7,14-15,18H2,1-2H3,(H,28,31). The van der Waals surface area contributed by atoms with Crippen LogP contribution in [0.15, 0.2) is 76.5 Å². The van der Waals surface area contributed by atoms with Crippen LogP contribution in [0.3, 0.4) is 0 Å². The molecule has 1 amide bonds. The highest BCUT2D eigenvalue weighted by molar-refractivity contribution is 7.92. The highest BCUT2D eigenvalue weighted by Crippen LogP contribution is 2.32. The fourth-order valence-corrected chi connectivity index (χ4v) is 7.54. The van der Waals surface area contributed by atoms with Crippen LogP contribution in [0.25, 0.3) is 0 Å². The summed E-state index contributed by atoms with van der Waals surface area (Å²) in [7, 11) is -6.50. The second kappa shape index (κ2) is 11.3. The van der Waals surface area contributed by atoms with Crippen molar-refractivity contribution in [3.63, 3.8) is 0 Å². The molecule has 0 unspecified atom stereocenters. The first kappa shape index (κ1) is 27.9. The van der Waals surface area contributed by atoms with Gasteiger partial charge in [-0.05, 0) is 73.9 Å². The second-order valence-electron chi connectivity index (χ2n) is 8.78. The van der Waals surface area contributed by atoms with Crippen molar-refractivity contribution in [2.45, 2.75) is 29.6 Å². The van der Waals surface area contributed by atoms with E-state index in [-0.39, 0.29) is 26.9 Å². The molecule has 0 radical (unpaired) electrons. The van der Waals surface area contributed by atoms with Gasteiger partial charge >= 0.3 is 0 Å². The molecule has 3 aromatic rings. The van der Waals surface area contributed by atoms with E-state index in [2.05, 4.69) is 5.32 Å². The molecule has 1 heterocycles. The summed E-state index contributed by atoms with van der Waals surface area (Å²) in [6.45, 7) is 1.99. The molecule has 1 saturated heterocycles. The molecule has 3 aromatic carbocycles. The summed E-state index contributed by atoms with van der Waals surface area (Å²) in [6.07, 6.45) is 1.57. The molecular formula is C26H28ClN3O6S2. The van der Waals surface area contributed by atoms with Crippen molar-refractivity contribution < 1.29 is 26.4 Å². The molecule has 12 heteroatoms. The van der Waals surface area contributed by atoms with Gasteiger partial charge in [-0.15, -0.1) is 0 Å². The van der Waals surface area contributed by atoms with Crippen molar-refractivity contribution in [3.8, 4) is 5.75 Å². The highest BCUT2D eigenvalue weighted by atomic mass is 35.5. The van der Waals surface area contributed by atoms with E-state index in [4.69, 9.17) is 16.3 Å². The third kappa shape index (κ3) is 5.80. The number of anilines is 2. The first-order valence-electron chi connectivity index (χ1n) is 11.9. The number of ether oxygens (including phenoxy) is 1. The number of rotatable bonds is 9. The van der Waals surface area contributed by atoms with Crippen LogP contribution < -0.4 is 14.4 Å². The molecule has 0 aliphatic carbocycles. The lowest BCUT2D eigenvalue weighted by Gasteiger charge is -2.26. The topological polar surface area (TPSA) is 113 Å². The van der Waals surface area contributed by atoms with E-state index in [1.54, 1.807) is 37.3 Å². The Kier molecular flexibility index (Phi) is 8.31. The summed E-state index contributed by atoms with van der Waals surface area (Å²) in [5.74, 6) is -0.452. The lowest BCUT2D eigenvalue weighted by molar-refractivity contribution is -0.114. The van der Waals surface area contributed by atoms with Gasteiger partial charge in [-0.25, -0.2) is 16.8 Å². The zero-order valence-electron chi connectivity index (χ0n) is 20.9. The largest absolute Gasteiger partial charge is 0.495 e. The first-order valence-corrected chi connectivity index (χ1v) is 15.1. The summed E-state index contributed by atoms with van der Waals surface area (Å²) < 4.78 is 61.1. The molecule has 1 aliphatic heterocycles. The van der Waals surface area contributed by atoms with E-state index in [0.29, 0.717) is 23.7 Å². The van der Waals surface area contributed by atoms with Crippen LogP contribution in [0.1, 0.15) is 18.4 Å². The quantitative estimate of drug-likeness (QED) is 0.406. The van der Waals surface area contributed by atoms with Gasteiger partial charge in [0, 0.05) is 18.1 Å². The Morgan fingerprint density at radius 2 is 1.66 bits per heavy atom. The maximum absolute atomic E-state index is 13.6. The smallest absolute Gasteiger partial charge is 0.264 e. The number of hydrogen-bond donors (Lipinski definition) is 1. The molecule has 9 nitrogen and oxygen atoms in total. The number of carbonyl (C=O) groups is 1.